The number of aromatic nitrogens is 4. The number of carbonyl (C=O) groups excluding carboxylic acids is 2. The van der Waals surface area contributed by atoms with Crippen LogP contribution in [0.25, 0.3) is 5.69 Å². The number of nitrogens with one attached hydrogen (secondary N) is 3. The van der Waals surface area contributed by atoms with E-state index in [-0.39, 0.29) is 10.6 Å². The van der Waals surface area contributed by atoms with E-state index in [2.05, 4.69) is 31.5 Å². The van der Waals surface area contributed by atoms with Crippen LogP contribution in [0.3, 0.4) is 0 Å². The first-order valence-electron chi connectivity index (χ1n) is 9.69. The maximum absolute atomic E-state index is 12.9. The zero-order valence-electron chi connectivity index (χ0n) is 17.3. The van der Waals surface area contributed by atoms with Gasteiger partial charge in [0.15, 0.2) is 0 Å². The summed E-state index contributed by atoms with van der Waals surface area (Å²) in [6, 6.07) is 18.4. The van der Waals surface area contributed by atoms with E-state index in [4.69, 9.17) is 16.3 Å². The van der Waals surface area contributed by atoms with Gasteiger partial charge in [-0.25, -0.2) is 4.79 Å². The molecule has 0 aliphatic heterocycles. The molecule has 0 aliphatic carbocycles. The van der Waals surface area contributed by atoms with Gasteiger partial charge in [-0.15, -0.1) is 5.10 Å². The van der Waals surface area contributed by atoms with Gasteiger partial charge in [0.2, 0.25) is 0 Å². The van der Waals surface area contributed by atoms with Crippen molar-refractivity contribution in [1.29, 1.82) is 0 Å². The molecule has 3 N–H and O–H groups in total. The summed E-state index contributed by atoms with van der Waals surface area (Å²) in [4.78, 5) is 25.2. The molecule has 0 radical (unpaired) electrons. The predicted molar refractivity (Wildman–Crippen MR) is 124 cm³/mol. The van der Waals surface area contributed by atoms with Gasteiger partial charge in [0.05, 0.1) is 23.4 Å². The lowest BCUT2D eigenvalue weighted by Gasteiger charge is -2.13. The van der Waals surface area contributed by atoms with Crippen LogP contribution in [0, 0.1) is 0 Å². The molecule has 0 saturated carbocycles. The van der Waals surface area contributed by atoms with Crippen molar-refractivity contribution in [2.75, 3.05) is 23.1 Å². The van der Waals surface area contributed by atoms with Crippen LogP contribution in [0.5, 0.6) is 5.75 Å². The monoisotopic (exact) mass is 463 g/mol. The number of ether oxygens (including phenoxy) is 1. The highest BCUT2D eigenvalue weighted by molar-refractivity contribution is 6.33. The fourth-order valence-corrected chi connectivity index (χ4v) is 3.27. The topological polar surface area (TPSA) is 123 Å². The average molecular weight is 464 g/mol. The Morgan fingerprint density at radius 1 is 0.909 bits per heavy atom. The van der Waals surface area contributed by atoms with Gasteiger partial charge in [0.25, 0.3) is 5.91 Å². The molecule has 11 heteroatoms. The second-order valence-electron chi connectivity index (χ2n) is 6.74. The first kappa shape index (κ1) is 21.8. The molecule has 3 aromatic carbocycles. The third-order valence-corrected chi connectivity index (χ3v) is 4.82. The molecule has 0 unspecified atom stereocenters. The molecule has 0 bridgehead atoms. The Morgan fingerprint density at radius 3 is 2.30 bits per heavy atom. The molecule has 0 atom stereocenters. The fourth-order valence-electron chi connectivity index (χ4n) is 3.02. The highest BCUT2D eigenvalue weighted by atomic mass is 35.5. The Balaban J connectivity index is 1.48. The van der Waals surface area contributed by atoms with Crippen molar-refractivity contribution in [2.45, 2.75) is 0 Å². The summed E-state index contributed by atoms with van der Waals surface area (Å²) in [5.74, 6) is -0.151. The number of nitrogens with zero attached hydrogens (tertiary/aromatic N) is 4. The van der Waals surface area contributed by atoms with E-state index in [1.165, 1.54) is 24.2 Å². The van der Waals surface area contributed by atoms with E-state index in [9.17, 15) is 9.59 Å². The largest absolute Gasteiger partial charge is 0.496 e. The number of benzene rings is 3. The number of amides is 3. The Bertz CT molecular complexity index is 1280. The van der Waals surface area contributed by atoms with Gasteiger partial charge < -0.3 is 20.7 Å². The van der Waals surface area contributed by atoms with Crippen molar-refractivity contribution in [3.63, 3.8) is 0 Å². The molecule has 1 heterocycles. The van der Waals surface area contributed by atoms with Crippen molar-refractivity contribution >= 4 is 40.6 Å². The molecule has 10 nitrogen and oxygen atoms in total. The number of halogens is 1. The third-order valence-electron chi connectivity index (χ3n) is 4.52. The summed E-state index contributed by atoms with van der Waals surface area (Å²) in [5, 5.41) is 19.5. The van der Waals surface area contributed by atoms with Gasteiger partial charge in [-0.2, -0.15) is 4.68 Å². The smallest absolute Gasteiger partial charge is 0.323 e. The Morgan fingerprint density at radius 2 is 1.61 bits per heavy atom. The molecule has 166 valence electrons. The van der Waals surface area contributed by atoms with Gasteiger partial charge in [-0.05, 0) is 46.8 Å². The lowest BCUT2D eigenvalue weighted by molar-refractivity contribution is 0.102. The number of urea groups is 1. The van der Waals surface area contributed by atoms with Gasteiger partial charge in [0, 0.05) is 23.1 Å². The van der Waals surface area contributed by atoms with E-state index in [1.54, 1.807) is 42.5 Å². The summed E-state index contributed by atoms with van der Waals surface area (Å²) >= 11 is 6.34. The zero-order chi connectivity index (χ0) is 23.2. The number of anilines is 3. The van der Waals surface area contributed by atoms with Gasteiger partial charge in [-0.3, -0.25) is 4.79 Å². The van der Waals surface area contributed by atoms with Crippen LogP contribution in [-0.4, -0.2) is 39.3 Å². The summed E-state index contributed by atoms with van der Waals surface area (Å²) in [7, 11) is 1.44. The standard InChI is InChI=1S/C22H18ClN7O3/c1-33-20-12-19(30-13-24-28-29-30)18(23)11-17(20)21(31)25-15-8-5-9-16(10-15)27-22(32)26-14-6-3-2-4-7-14/h2-13H,1H3,(H,25,31)(H2,26,27,32). The van der Waals surface area contributed by atoms with E-state index < -0.39 is 11.9 Å². The van der Waals surface area contributed by atoms with Gasteiger partial charge in [0.1, 0.15) is 12.1 Å². The van der Waals surface area contributed by atoms with Crippen LogP contribution in [-0.2, 0) is 0 Å². The summed E-state index contributed by atoms with van der Waals surface area (Å²) in [6.45, 7) is 0. The first-order valence-corrected chi connectivity index (χ1v) is 10.1. The van der Waals surface area contributed by atoms with Crippen molar-refractivity contribution in [3.8, 4) is 11.4 Å². The second kappa shape index (κ2) is 9.79. The molecule has 33 heavy (non-hydrogen) atoms. The van der Waals surface area contributed by atoms with E-state index in [0.717, 1.165) is 0 Å². The normalized spacial score (nSPS) is 10.4. The summed E-state index contributed by atoms with van der Waals surface area (Å²) in [5.41, 5.74) is 2.32. The number of methoxy groups -OCH3 is 1. The van der Waals surface area contributed by atoms with Crippen LogP contribution in [0.4, 0.5) is 21.9 Å². The van der Waals surface area contributed by atoms with Gasteiger partial charge >= 0.3 is 6.03 Å². The van der Waals surface area contributed by atoms with Crippen molar-refractivity contribution in [2.24, 2.45) is 0 Å². The van der Waals surface area contributed by atoms with Crippen molar-refractivity contribution in [1.82, 2.24) is 20.2 Å². The number of rotatable bonds is 6. The van der Waals surface area contributed by atoms with Crippen LogP contribution >= 0.6 is 11.6 Å². The fraction of sp³-hybridized carbons (Fsp3) is 0.0455. The lowest BCUT2D eigenvalue weighted by Crippen LogP contribution is -2.19. The SMILES string of the molecule is COc1cc(-n2cnnn2)c(Cl)cc1C(=O)Nc1cccc(NC(=O)Nc2ccccc2)c1. The summed E-state index contributed by atoms with van der Waals surface area (Å²) in [6.07, 6.45) is 1.38. The molecular weight excluding hydrogens is 446 g/mol. The van der Waals surface area contributed by atoms with Crippen LogP contribution < -0.4 is 20.7 Å². The lowest BCUT2D eigenvalue weighted by atomic mass is 10.1. The number of hydrogen-bond donors (Lipinski definition) is 3. The number of carbonyl (C=O) groups is 2. The quantitative estimate of drug-likeness (QED) is 0.393. The molecule has 0 aliphatic rings. The minimum Gasteiger partial charge on any atom is -0.496 e. The zero-order valence-corrected chi connectivity index (χ0v) is 18.1. The third kappa shape index (κ3) is 5.25. The van der Waals surface area contributed by atoms with Crippen molar-refractivity contribution < 1.29 is 14.3 Å². The van der Waals surface area contributed by atoms with Crippen LogP contribution in [0.15, 0.2) is 73.1 Å². The van der Waals surface area contributed by atoms with Gasteiger partial charge in [-0.1, -0.05) is 35.9 Å². The first-order chi connectivity index (χ1) is 16.0. The predicted octanol–water partition coefficient (Wildman–Crippen LogP) is 4.22. The summed E-state index contributed by atoms with van der Waals surface area (Å²) < 4.78 is 6.73. The molecular formula is C22H18ClN7O3. The number of tetrazole rings is 1. The maximum atomic E-state index is 12.9. The second-order valence-corrected chi connectivity index (χ2v) is 7.15. The van der Waals surface area contributed by atoms with E-state index >= 15 is 0 Å². The van der Waals surface area contributed by atoms with Crippen LogP contribution in [0.1, 0.15) is 10.4 Å². The number of para-hydroxylation sites is 1. The molecule has 3 amide bonds. The Labute approximate surface area is 193 Å². The van der Waals surface area contributed by atoms with E-state index in [1.807, 2.05) is 18.2 Å². The van der Waals surface area contributed by atoms with E-state index in [0.29, 0.717) is 28.5 Å². The average Bonchev–Trinajstić information content (AvgIpc) is 3.34. The molecule has 0 fully saturated rings. The minimum atomic E-state index is -0.442. The molecule has 0 saturated heterocycles. The molecule has 4 aromatic rings. The number of hydrogen-bond acceptors (Lipinski definition) is 6. The highest BCUT2D eigenvalue weighted by Gasteiger charge is 2.18. The highest BCUT2D eigenvalue weighted by Crippen LogP contribution is 2.30. The van der Waals surface area contributed by atoms with Crippen molar-refractivity contribution in [3.05, 3.63) is 83.6 Å². The van der Waals surface area contributed by atoms with Crippen LogP contribution in [0.2, 0.25) is 5.02 Å². The molecule has 1 aromatic heterocycles. The molecule has 4 rings (SSSR count). The minimum absolute atomic E-state index is 0.222. The Hall–Kier alpha value is -4.44. The maximum Gasteiger partial charge on any atom is 0.323 e. The Kier molecular flexibility index (Phi) is 6.46. The molecule has 0 spiro atoms.